The Kier molecular flexibility index (Phi) is 5.71. The molecule has 2 fully saturated rings. The van der Waals surface area contributed by atoms with Crippen LogP contribution in [-0.4, -0.2) is 53.0 Å². The smallest absolute Gasteiger partial charge is 0.217 e. The minimum atomic E-state index is -3.17. The van der Waals surface area contributed by atoms with E-state index in [-0.39, 0.29) is 11.3 Å². The summed E-state index contributed by atoms with van der Waals surface area (Å²) in [5.74, 6) is 0.831. The number of anilines is 1. The Hall–Kier alpha value is -1.51. The fourth-order valence-electron chi connectivity index (χ4n) is 4.16. The van der Waals surface area contributed by atoms with E-state index < -0.39 is 10.0 Å². The second kappa shape index (κ2) is 8.08. The molecule has 28 heavy (non-hydrogen) atoms. The number of aryl methyl sites for hydroxylation is 1. The number of hydrogen-bond acceptors (Lipinski definition) is 6. The third-order valence-corrected chi connectivity index (χ3v) is 9.02. The molecule has 152 valence electrons. The first-order valence-corrected chi connectivity index (χ1v) is 12.3. The molecule has 2 heterocycles. The molecule has 1 aromatic heterocycles. The Morgan fingerprint density at radius 2 is 1.86 bits per heavy atom. The lowest BCUT2D eigenvalue weighted by atomic mass is 10.1. The van der Waals surface area contributed by atoms with Crippen LogP contribution in [0.4, 0.5) is 5.13 Å². The Balaban J connectivity index is 1.41. The minimum absolute atomic E-state index is 0.102. The maximum Gasteiger partial charge on any atom is 0.217 e. The molecular formula is C20H28N4O2S2. The van der Waals surface area contributed by atoms with Crippen LogP contribution < -0.4 is 4.90 Å². The summed E-state index contributed by atoms with van der Waals surface area (Å²) in [5, 5.41) is 0.724. The molecule has 1 aromatic carbocycles. The highest BCUT2D eigenvalue weighted by Gasteiger charge is 2.38. The van der Waals surface area contributed by atoms with Crippen molar-refractivity contribution in [1.29, 1.82) is 0 Å². The number of piperazine rings is 1. The Labute approximate surface area is 171 Å². The molecule has 1 aliphatic carbocycles. The predicted molar refractivity (Wildman–Crippen MR) is 113 cm³/mol. The van der Waals surface area contributed by atoms with E-state index in [1.54, 1.807) is 4.31 Å². The van der Waals surface area contributed by atoms with Crippen LogP contribution in [0.15, 0.2) is 24.3 Å². The largest absolute Gasteiger partial charge is 0.342 e. The number of aromatic nitrogens is 2. The van der Waals surface area contributed by atoms with Gasteiger partial charge in [0.05, 0.1) is 5.25 Å². The van der Waals surface area contributed by atoms with E-state index in [2.05, 4.69) is 47.4 Å². The van der Waals surface area contributed by atoms with Gasteiger partial charge in [0.1, 0.15) is 5.82 Å². The summed E-state index contributed by atoms with van der Waals surface area (Å²) >= 11 is 1.41. The molecule has 0 amide bonds. The molecule has 0 bridgehead atoms. The van der Waals surface area contributed by atoms with Gasteiger partial charge in [-0.05, 0) is 32.3 Å². The molecule has 2 aliphatic rings. The maximum atomic E-state index is 12.9. The van der Waals surface area contributed by atoms with E-state index in [9.17, 15) is 8.42 Å². The van der Waals surface area contributed by atoms with E-state index in [0.717, 1.165) is 43.1 Å². The summed E-state index contributed by atoms with van der Waals surface area (Å²) in [6.45, 7) is 5.91. The zero-order chi connectivity index (χ0) is 19.7. The van der Waals surface area contributed by atoms with Crippen molar-refractivity contribution in [3.05, 3.63) is 41.2 Å². The maximum absolute atomic E-state index is 12.9. The van der Waals surface area contributed by atoms with Gasteiger partial charge in [0.25, 0.3) is 0 Å². The molecule has 6 nitrogen and oxygen atoms in total. The molecule has 4 rings (SSSR count). The third-order valence-electron chi connectivity index (χ3n) is 5.86. The highest BCUT2D eigenvalue weighted by Crippen LogP contribution is 2.30. The average molecular weight is 421 g/mol. The van der Waals surface area contributed by atoms with E-state index in [4.69, 9.17) is 4.98 Å². The number of rotatable bonds is 5. The van der Waals surface area contributed by atoms with Gasteiger partial charge in [0.2, 0.25) is 15.2 Å². The predicted octanol–water partition coefficient (Wildman–Crippen LogP) is 3.22. The molecular weight excluding hydrogens is 392 g/mol. The van der Waals surface area contributed by atoms with Crippen LogP contribution in [0.5, 0.6) is 0 Å². The topological polar surface area (TPSA) is 66.4 Å². The van der Waals surface area contributed by atoms with Gasteiger partial charge in [-0.2, -0.15) is 8.68 Å². The van der Waals surface area contributed by atoms with Crippen molar-refractivity contribution in [3.8, 4) is 0 Å². The molecule has 0 spiro atoms. The van der Waals surface area contributed by atoms with Gasteiger partial charge in [-0.3, -0.25) is 0 Å². The summed E-state index contributed by atoms with van der Waals surface area (Å²) in [6, 6.07) is 8.55. The standard InChI is InChI=1S/C20H28N4O2S2/c1-15-7-9-17(10-8-15)13-19-21-20(27-22-19)24-12-11-23(14-16(24)2)28(25,26)18-5-3-4-6-18/h7-10,16,18H,3-6,11-14H2,1-2H3. The van der Waals surface area contributed by atoms with Gasteiger partial charge >= 0.3 is 0 Å². The second-order valence-electron chi connectivity index (χ2n) is 8.01. The van der Waals surface area contributed by atoms with Crippen molar-refractivity contribution < 1.29 is 8.42 Å². The zero-order valence-electron chi connectivity index (χ0n) is 16.5. The second-order valence-corrected chi connectivity index (χ2v) is 11.0. The SMILES string of the molecule is Cc1ccc(Cc2nsc(N3CCN(S(=O)(=O)C4CCCC4)CC3C)n2)cc1. The number of nitrogens with zero attached hydrogens (tertiary/aromatic N) is 4. The normalized spacial score (nSPS) is 22.1. The van der Waals surface area contributed by atoms with Crippen molar-refractivity contribution in [3.63, 3.8) is 0 Å². The van der Waals surface area contributed by atoms with Gasteiger partial charge < -0.3 is 4.90 Å². The Morgan fingerprint density at radius 1 is 1.14 bits per heavy atom. The molecule has 1 aliphatic heterocycles. The summed E-state index contributed by atoms with van der Waals surface area (Å²) in [6.07, 6.45) is 4.43. The molecule has 8 heteroatoms. The first-order valence-electron chi connectivity index (χ1n) is 10.1. The monoisotopic (exact) mass is 420 g/mol. The third kappa shape index (κ3) is 4.09. The van der Waals surface area contributed by atoms with Crippen molar-refractivity contribution in [2.75, 3.05) is 24.5 Å². The number of sulfonamides is 1. The lowest BCUT2D eigenvalue weighted by molar-refractivity contribution is 0.338. The van der Waals surface area contributed by atoms with Gasteiger partial charge in [-0.15, -0.1) is 0 Å². The Morgan fingerprint density at radius 3 is 2.54 bits per heavy atom. The summed E-state index contributed by atoms with van der Waals surface area (Å²) < 4.78 is 32.0. The lowest BCUT2D eigenvalue weighted by Gasteiger charge is -2.39. The summed E-state index contributed by atoms with van der Waals surface area (Å²) in [4.78, 5) is 6.94. The van der Waals surface area contributed by atoms with Crippen LogP contribution in [0.25, 0.3) is 0 Å². The zero-order valence-corrected chi connectivity index (χ0v) is 18.2. The van der Waals surface area contributed by atoms with Crippen LogP contribution in [0.1, 0.15) is 49.6 Å². The summed E-state index contributed by atoms with van der Waals surface area (Å²) in [5.41, 5.74) is 2.45. The fourth-order valence-corrected chi connectivity index (χ4v) is 7.08. The Bertz CT molecular complexity index is 905. The van der Waals surface area contributed by atoms with Gasteiger partial charge in [0.15, 0.2) is 0 Å². The molecule has 1 saturated carbocycles. The first-order chi connectivity index (χ1) is 13.4. The minimum Gasteiger partial charge on any atom is -0.342 e. The van der Waals surface area contributed by atoms with Gasteiger partial charge in [0, 0.05) is 43.6 Å². The van der Waals surface area contributed by atoms with Crippen LogP contribution >= 0.6 is 11.5 Å². The summed E-state index contributed by atoms with van der Waals surface area (Å²) in [7, 11) is -3.17. The molecule has 1 unspecified atom stereocenters. The molecule has 1 atom stereocenters. The van der Waals surface area contributed by atoms with Crippen molar-refractivity contribution in [1.82, 2.24) is 13.7 Å². The molecule has 0 radical (unpaired) electrons. The molecule has 1 saturated heterocycles. The van der Waals surface area contributed by atoms with Crippen LogP contribution in [0, 0.1) is 6.92 Å². The molecule has 0 N–H and O–H groups in total. The van der Waals surface area contributed by atoms with Gasteiger partial charge in [-0.1, -0.05) is 42.7 Å². The quantitative estimate of drug-likeness (QED) is 0.743. The fraction of sp³-hybridized carbons (Fsp3) is 0.600. The van der Waals surface area contributed by atoms with E-state index >= 15 is 0 Å². The lowest BCUT2D eigenvalue weighted by Crippen LogP contribution is -2.55. The van der Waals surface area contributed by atoms with E-state index in [0.29, 0.717) is 19.6 Å². The number of benzene rings is 1. The van der Waals surface area contributed by atoms with E-state index in [1.807, 2.05) is 0 Å². The van der Waals surface area contributed by atoms with Crippen molar-refractivity contribution in [2.45, 2.75) is 57.2 Å². The van der Waals surface area contributed by atoms with E-state index in [1.165, 1.54) is 22.7 Å². The molecule has 2 aromatic rings. The highest BCUT2D eigenvalue weighted by molar-refractivity contribution is 7.89. The van der Waals surface area contributed by atoms with Gasteiger partial charge in [-0.25, -0.2) is 13.4 Å². The van der Waals surface area contributed by atoms with Crippen LogP contribution in [0.2, 0.25) is 0 Å². The van der Waals surface area contributed by atoms with Crippen LogP contribution in [0.3, 0.4) is 0 Å². The van der Waals surface area contributed by atoms with Crippen molar-refractivity contribution in [2.24, 2.45) is 0 Å². The average Bonchev–Trinajstić information content (AvgIpc) is 3.36. The number of hydrogen-bond donors (Lipinski definition) is 0. The van der Waals surface area contributed by atoms with Crippen molar-refractivity contribution >= 4 is 26.7 Å². The highest BCUT2D eigenvalue weighted by atomic mass is 32.2. The first kappa shape index (κ1) is 19.8. The van der Waals surface area contributed by atoms with Crippen LogP contribution in [-0.2, 0) is 16.4 Å².